The van der Waals surface area contributed by atoms with Crippen molar-refractivity contribution in [2.75, 3.05) is 23.3 Å². The number of fused-ring (bicyclic) bond motifs is 1. The molecule has 3 nitrogen and oxygen atoms in total. The van der Waals surface area contributed by atoms with Crippen LogP contribution in [0.3, 0.4) is 0 Å². The van der Waals surface area contributed by atoms with Crippen LogP contribution < -0.4 is 10.2 Å². The third-order valence-electron chi connectivity index (χ3n) is 5.02. The molecule has 1 aliphatic carbocycles. The summed E-state index contributed by atoms with van der Waals surface area (Å²) in [5, 5.41) is 3.13. The van der Waals surface area contributed by atoms with Crippen LogP contribution >= 0.6 is 0 Å². The molecule has 0 fully saturated rings. The second-order valence-corrected chi connectivity index (χ2v) is 6.53. The summed E-state index contributed by atoms with van der Waals surface area (Å²) >= 11 is 0. The highest BCUT2D eigenvalue weighted by Crippen LogP contribution is 2.28. The van der Waals surface area contributed by atoms with Crippen molar-refractivity contribution in [3.63, 3.8) is 0 Å². The Morgan fingerprint density at radius 1 is 1.08 bits per heavy atom. The van der Waals surface area contributed by atoms with Crippen molar-refractivity contribution < 1.29 is 4.79 Å². The van der Waals surface area contributed by atoms with Gasteiger partial charge in [-0.2, -0.15) is 0 Å². The van der Waals surface area contributed by atoms with E-state index in [0.717, 1.165) is 37.2 Å². The van der Waals surface area contributed by atoms with E-state index in [0.29, 0.717) is 0 Å². The molecule has 1 aliphatic rings. The lowest BCUT2D eigenvalue weighted by Crippen LogP contribution is -2.24. The second-order valence-electron chi connectivity index (χ2n) is 6.53. The van der Waals surface area contributed by atoms with Crippen molar-refractivity contribution in [3.05, 3.63) is 59.2 Å². The maximum Gasteiger partial charge on any atom is 0.228 e. The van der Waals surface area contributed by atoms with Crippen LogP contribution in [0.4, 0.5) is 11.4 Å². The molecule has 1 N–H and O–H groups in total. The minimum Gasteiger partial charge on any atom is -0.372 e. The maximum atomic E-state index is 12.6. The molecule has 0 heterocycles. The number of anilines is 2. The smallest absolute Gasteiger partial charge is 0.228 e. The van der Waals surface area contributed by atoms with Gasteiger partial charge in [0.25, 0.3) is 0 Å². The van der Waals surface area contributed by atoms with Crippen LogP contribution in [0.5, 0.6) is 0 Å². The minimum absolute atomic E-state index is 0.0456. The Labute approximate surface area is 144 Å². The molecule has 0 spiro atoms. The van der Waals surface area contributed by atoms with E-state index < -0.39 is 0 Å². The highest BCUT2D eigenvalue weighted by molar-refractivity contribution is 5.94. The van der Waals surface area contributed by atoms with Gasteiger partial charge in [-0.25, -0.2) is 0 Å². The van der Waals surface area contributed by atoms with Crippen LogP contribution in [0.15, 0.2) is 42.5 Å². The van der Waals surface area contributed by atoms with E-state index in [1.807, 2.05) is 6.07 Å². The van der Waals surface area contributed by atoms with Gasteiger partial charge in [0.1, 0.15) is 0 Å². The predicted octanol–water partition coefficient (Wildman–Crippen LogP) is 4.19. The fourth-order valence-electron chi connectivity index (χ4n) is 3.55. The first-order valence-corrected chi connectivity index (χ1v) is 8.85. The molecule has 24 heavy (non-hydrogen) atoms. The summed E-state index contributed by atoms with van der Waals surface area (Å²) < 4.78 is 0. The number of benzene rings is 2. The molecule has 2 aromatic rings. The molecule has 0 bridgehead atoms. The zero-order valence-electron chi connectivity index (χ0n) is 14.8. The van der Waals surface area contributed by atoms with E-state index in [-0.39, 0.29) is 11.8 Å². The molecule has 0 aromatic heterocycles. The lowest BCUT2D eigenvalue weighted by atomic mass is 10.0. The van der Waals surface area contributed by atoms with Crippen LogP contribution in [0.25, 0.3) is 0 Å². The van der Waals surface area contributed by atoms with Crippen molar-refractivity contribution in [2.45, 2.75) is 33.6 Å². The number of hydrogen-bond donors (Lipinski definition) is 1. The number of carbonyl (C=O) groups excluding carboxylic acids is 1. The SMILES string of the molecule is CCN(CC)c1ccc(NC(=O)C2Cc3ccccc3C2)c(C)c1. The average molecular weight is 322 g/mol. The molecular formula is C21H26N2O. The van der Waals surface area contributed by atoms with Crippen molar-refractivity contribution >= 4 is 17.3 Å². The first kappa shape index (κ1) is 16.6. The number of nitrogens with one attached hydrogen (secondary N) is 1. The number of hydrogen-bond acceptors (Lipinski definition) is 2. The summed E-state index contributed by atoms with van der Waals surface area (Å²) in [6.07, 6.45) is 1.69. The molecule has 0 atom stereocenters. The lowest BCUT2D eigenvalue weighted by molar-refractivity contribution is -0.119. The first-order valence-electron chi connectivity index (χ1n) is 8.85. The molecule has 0 radical (unpaired) electrons. The zero-order valence-corrected chi connectivity index (χ0v) is 14.8. The summed E-state index contributed by atoms with van der Waals surface area (Å²) in [5.74, 6) is 0.175. The number of rotatable bonds is 5. The van der Waals surface area contributed by atoms with Gasteiger partial charge in [0, 0.05) is 30.4 Å². The van der Waals surface area contributed by atoms with Gasteiger partial charge in [0.05, 0.1) is 0 Å². The second kappa shape index (κ2) is 7.08. The highest BCUT2D eigenvalue weighted by atomic mass is 16.1. The third-order valence-corrected chi connectivity index (χ3v) is 5.02. The lowest BCUT2D eigenvalue weighted by Gasteiger charge is -2.22. The van der Waals surface area contributed by atoms with Gasteiger partial charge in [-0.05, 0) is 68.5 Å². The first-order chi connectivity index (χ1) is 11.6. The standard InChI is InChI=1S/C21H26N2O/c1-4-23(5-2)19-10-11-20(15(3)12-19)22-21(24)18-13-16-8-6-7-9-17(16)14-18/h6-12,18H,4-5,13-14H2,1-3H3,(H,22,24). The van der Waals surface area contributed by atoms with Crippen LogP contribution in [0.2, 0.25) is 0 Å². The summed E-state index contributed by atoms with van der Waals surface area (Å²) in [6.45, 7) is 8.36. The predicted molar refractivity (Wildman–Crippen MR) is 101 cm³/mol. The van der Waals surface area contributed by atoms with E-state index in [1.54, 1.807) is 0 Å². The summed E-state index contributed by atoms with van der Waals surface area (Å²) in [4.78, 5) is 15.0. The van der Waals surface area contributed by atoms with Crippen molar-refractivity contribution in [2.24, 2.45) is 5.92 Å². The Balaban J connectivity index is 1.69. The number of aryl methyl sites for hydroxylation is 1. The Morgan fingerprint density at radius 3 is 2.25 bits per heavy atom. The molecule has 126 valence electrons. The van der Waals surface area contributed by atoms with Crippen molar-refractivity contribution in [1.82, 2.24) is 0 Å². The van der Waals surface area contributed by atoms with Gasteiger partial charge in [-0.3, -0.25) is 4.79 Å². The van der Waals surface area contributed by atoms with Gasteiger partial charge in [0.15, 0.2) is 0 Å². The molecule has 1 amide bonds. The van der Waals surface area contributed by atoms with Crippen LogP contribution in [0.1, 0.15) is 30.5 Å². The molecule has 0 unspecified atom stereocenters. The van der Waals surface area contributed by atoms with Crippen molar-refractivity contribution in [1.29, 1.82) is 0 Å². The van der Waals surface area contributed by atoms with E-state index in [9.17, 15) is 4.79 Å². The van der Waals surface area contributed by atoms with E-state index in [4.69, 9.17) is 0 Å². The van der Waals surface area contributed by atoms with Crippen LogP contribution in [-0.4, -0.2) is 19.0 Å². The van der Waals surface area contributed by atoms with Gasteiger partial charge < -0.3 is 10.2 Å². The normalized spacial score (nSPS) is 13.6. The highest BCUT2D eigenvalue weighted by Gasteiger charge is 2.27. The van der Waals surface area contributed by atoms with Gasteiger partial charge in [-0.15, -0.1) is 0 Å². The quantitative estimate of drug-likeness (QED) is 0.895. The molecule has 2 aromatic carbocycles. The number of amides is 1. The molecule has 3 heteroatoms. The van der Waals surface area contributed by atoms with Crippen molar-refractivity contribution in [3.8, 4) is 0 Å². The third kappa shape index (κ3) is 3.30. The molecule has 0 aliphatic heterocycles. The van der Waals surface area contributed by atoms with Gasteiger partial charge in [-0.1, -0.05) is 24.3 Å². The maximum absolute atomic E-state index is 12.6. The minimum atomic E-state index is 0.0456. The van der Waals surface area contributed by atoms with E-state index in [1.165, 1.54) is 16.8 Å². The van der Waals surface area contributed by atoms with E-state index in [2.05, 4.69) is 67.4 Å². The molecule has 3 rings (SSSR count). The Hall–Kier alpha value is -2.29. The topological polar surface area (TPSA) is 32.3 Å². The fourth-order valence-corrected chi connectivity index (χ4v) is 3.55. The molecule has 0 saturated heterocycles. The Bertz CT molecular complexity index is 709. The summed E-state index contributed by atoms with van der Waals surface area (Å²) in [5.41, 5.74) is 5.87. The summed E-state index contributed by atoms with van der Waals surface area (Å²) in [6, 6.07) is 14.7. The van der Waals surface area contributed by atoms with Crippen LogP contribution in [-0.2, 0) is 17.6 Å². The molecular weight excluding hydrogens is 296 g/mol. The summed E-state index contributed by atoms with van der Waals surface area (Å²) in [7, 11) is 0. The fraction of sp³-hybridized carbons (Fsp3) is 0.381. The zero-order chi connectivity index (χ0) is 17.1. The number of carbonyl (C=O) groups is 1. The number of nitrogens with zero attached hydrogens (tertiary/aromatic N) is 1. The molecule has 0 saturated carbocycles. The average Bonchev–Trinajstić information content (AvgIpc) is 3.02. The Kier molecular flexibility index (Phi) is 4.89. The Morgan fingerprint density at radius 2 is 1.71 bits per heavy atom. The monoisotopic (exact) mass is 322 g/mol. The van der Waals surface area contributed by atoms with Gasteiger partial charge in [0.2, 0.25) is 5.91 Å². The van der Waals surface area contributed by atoms with Gasteiger partial charge >= 0.3 is 0 Å². The van der Waals surface area contributed by atoms with Crippen LogP contribution in [0, 0.1) is 12.8 Å². The largest absolute Gasteiger partial charge is 0.372 e. The van der Waals surface area contributed by atoms with E-state index >= 15 is 0 Å².